The molecule has 3 N–H and O–H groups in total. The Morgan fingerprint density at radius 1 is 1.38 bits per heavy atom. The average Bonchev–Trinajstić information content (AvgIpc) is 2.84. The Labute approximate surface area is 96.2 Å². The van der Waals surface area contributed by atoms with Gasteiger partial charge < -0.3 is 5.73 Å². The third-order valence-corrected chi connectivity index (χ3v) is 4.06. The summed E-state index contributed by atoms with van der Waals surface area (Å²) in [5.41, 5.74) is 10.1. The summed E-state index contributed by atoms with van der Waals surface area (Å²) >= 11 is 0. The summed E-state index contributed by atoms with van der Waals surface area (Å²) in [4.78, 5) is 2.40. The second-order valence-corrected chi connectivity index (χ2v) is 5.14. The SMILES string of the molecule is CN1CCCC1c1n[nH]c2c1C(N)CCC2. The molecule has 4 heteroatoms. The van der Waals surface area contributed by atoms with Crippen molar-refractivity contribution in [1.82, 2.24) is 15.1 Å². The summed E-state index contributed by atoms with van der Waals surface area (Å²) in [5, 5.41) is 7.73. The Kier molecular flexibility index (Phi) is 2.48. The number of H-pyrrole nitrogens is 1. The minimum Gasteiger partial charge on any atom is -0.324 e. The molecule has 2 unspecified atom stereocenters. The van der Waals surface area contributed by atoms with Gasteiger partial charge >= 0.3 is 0 Å². The van der Waals surface area contributed by atoms with Crippen LogP contribution in [0, 0.1) is 0 Å². The van der Waals surface area contributed by atoms with Crippen molar-refractivity contribution < 1.29 is 0 Å². The van der Waals surface area contributed by atoms with Gasteiger partial charge in [0.1, 0.15) is 0 Å². The number of nitrogens with zero attached hydrogens (tertiary/aromatic N) is 2. The van der Waals surface area contributed by atoms with E-state index in [1.54, 1.807) is 0 Å². The molecule has 1 aliphatic heterocycles. The van der Waals surface area contributed by atoms with Gasteiger partial charge in [-0.05, 0) is 45.7 Å². The van der Waals surface area contributed by atoms with E-state index < -0.39 is 0 Å². The van der Waals surface area contributed by atoms with Crippen LogP contribution in [0.4, 0.5) is 0 Å². The van der Waals surface area contributed by atoms with Crippen LogP contribution in [0.1, 0.15) is 54.7 Å². The Bertz CT molecular complexity index is 384. The summed E-state index contributed by atoms with van der Waals surface area (Å²) < 4.78 is 0. The van der Waals surface area contributed by atoms with Crippen molar-refractivity contribution in [2.45, 2.75) is 44.2 Å². The standard InChI is InChI=1S/C12H20N4/c1-16-7-3-6-10(16)12-11-8(13)4-2-5-9(11)14-15-12/h8,10H,2-7,13H2,1H3,(H,14,15). The summed E-state index contributed by atoms with van der Waals surface area (Å²) in [7, 11) is 2.19. The van der Waals surface area contributed by atoms with Gasteiger partial charge in [-0.15, -0.1) is 0 Å². The number of nitrogens with one attached hydrogen (secondary N) is 1. The zero-order valence-electron chi connectivity index (χ0n) is 9.87. The molecule has 0 radical (unpaired) electrons. The zero-order chi connectivity index (χ0) is 11.1. The van der Waals surface area contributed by atoms with Crippen LogP contribution in [-0.4, -0.2) is 28.7 Å². The van der Waals surface area contributed by atoms with Gasteiger partial charge in [0, 0.05) is 17.3 Å². The number of hydrogen-bond donors (Lipinski definition) is 2. The highest BCUT2D eigenvalue weighted by atomic mass is 15.2. The number of aryl methyl sites for hydroxylation is 1. The number of rotatable bonds is 1. The van der Waals surface area contributed by atoms with Crippen LogP contribution in [0.15, 0.2) is 0 Å². The molecule has 1 aromatic heterocycles. The van der Waals surface area contributed by atoms with E-state index in [1.165, 1.54) is 42.8 Å². The number of aromatic nitrogens is 2. The normalized spacial score (nSPS) is 30.6. The lowest BCUT2D eigenvalue weighted by molar-refractivity contribution is 0.309. The number of nitrogens with two attached hydrogens (primary N) is 1. The topological polar surface area (TPSA) is 57.9 Å². The monoisotopic (exact) mass is 220 g/mol. The molecule has 1 aliphatic carbocycles. The van der Waals surface area contributed by atoms with E-state index >= 15 is 0 Å². The van der Waals surface area contributed by atoms with Gasteiger partial charge in [0.15, 0.2) is 0 Å². The minimum atomic E-state index is 0.200. The Hall–Kier alpha value is -0.870. The molecule has 88 valence electrons. The number of likely N-dealkylation sites (tertiary alicyclic amines) is 1. The van der Waals surface area contributed by atoms with E-state index in [0.29, 0.717) is 6.04 Å². The Balaban J connectivity index is 1.98. The molecule has 2 aliphatic rings. The minimum absolute atomic E-state index is 0.200. The molecule has 3 rings (SSSR count). The molecule has 1 fully saturated rings. The molecule has 4 nitrogen and oxygen atoms in total. The van der Waals surface area contributed by atoms with Crippen LogP contribution in [0.2, 0.25) is 0 Å². The van der Waals surface area contributed by atoms with E-state index in [0.717, 1.165) is 12.8 Å². The fourth-order valence-electron chi connectivity index (χ4n) is 3.16. The predicted octanol–water partition coefficient (Wildman–Crippen LogP) is 1.51. The Morgan fingerprint density at radius 3 is 3.00 bits per heavy atom. The number of hydrogen-bond acceptors (Lipinski definition) is 3. The van der Waals surface area contributed by atoms with Crippen molar-refractivity contribution in [3.8, 4) is 0 Å². The fourth-order valence-corrected chi connectivity index (χ4v) is 3.16. The first-order chi connectivity index (χ1) is 7.77. The van der Waals surface area contributed by atoms with Crippen molar-refractivity contribution >= 4 is 0 Å². The molecular formula is C12H20N4. The highest BCUT2D eigenvalue weighted by Gasteiger charge is 2.31. The molecule has 2 heterocycles. The van der Waals surface area contributed by atoms with Gasteiger partial charge in [0.25, 0.3) is 0 Å². The molecule has 1 saturated heterocycles. The smallest absolute Gasteiger partial charge is 0.0844 e. The second-order valence-electron chi connectivity index (χ2n) is 5.14. The maximum atomic E-state index is 6.23. The fraction of sp³-hybridized carbons (Fsp3) is 0.750. The van der Waals surface area contributed by atoms with Crippen molar-refractivity contribution in [2.75, 3.05) is 13.6 Å². The summed E-state index contributed by atoms with van der Waals surface area (Å²) in [6.07, 6.45) is 5.91. The maximum Gasteiger partial charge on any atom is 0.0844 e. The van der Waals surface area contributed by atoms with Crippen LogP contribution in [-0.2, 0) is 6.42 Å². The third kappa shape index (κ3) is 1.48. The van der Waals surface area contributed by atoms with Crippen molar-refractivity contribution in [1.29, 1.82) is 0 Å². The number of fused-ring (bicyclic) bond motifs is 1. The van der Waals surface area contributed by atoms with Crippen LogP contribution < -0.4 is 5.73 Å². The van der Waals surface area contributed by atoms with Crippen LogP contribution in [0.25, 0.3) is 0 Å². The molecule has 0 amide bonds. The average molecular weight is 220 g/mol. The molecule has 0 spiro atoms. The molecule has 2 atom stereocenters. The zero-order valence-corrected chi connectivity index (χ0v) is 9.87. The Morgan fingerprint density at radius 2 is 2.25 bits per heavy atom. The van der Waals surface area contributed by atoms with Gasteiger partial charge in [0.05, 0.1) is 11.7 Å². The molecule has 1 aromatic rings. The lowest BCUT2D eigenvalue weighted by atomic mass is 9.89. The second kappa shape index (κ2) is 3.86. The highest BCUT2D eigenvalue weighted by Crippen LogP contribution is 2.37. The first kappa shape index (κ1) is 10.3. The van der Waals surface area contributed by atoms with E-state index in [4.69, 9.17) is 5.73 Å². The van der Waals surface area contributed by atoms with Crippen LogP contribution in [0.5, 0.6) is 0 Å². The van der Waals surface area contributed by atoms with E-state index in [2.05, 4.69) is 22.1 Å². The maximum absolute atomic E-state index is 6.23. The van der Waals surface area contributed by atoms with E-state index in [-0.39, 0.29) is 6.04 Å². The largest absolute Gasteiger partial charge is 0.324 e. The first-order valence-corrected chi connectivity index (χ1v) is 6.30. The van der Waals surface area contributed by atoms with E-state index in [1.807, 2.05) is 0 Å². The molecule has 16 heavy (non-hydrogen) atoms. The quantitative estimate of drug-likeness (QED) is 0.754. The van der Waals surface area contributed by atoms with Crippen molar-refractivity contribution in [2.24, 2.45) is 5.73 Å². The molecule has 0 bridgehead atoms. The highest BCUT2D eigenvalue weighted by molar-refractivity contribution is 5.33. The summed E-state index contributed by atoms with van der Waals surface area (Å²) in [5.74, 6) is 0. The van der Waals surface area contributed by atoms with Gasteiger partial charge in [0.2, 0.25) is 0 Å². The van der Waals surface area contributed by atoms with Gasteiger partial charge in [-0.2, -0.15) is 5.10 Å². The van der Waals surface area contributed by atoms with Crippen molar-refractivity contribution in [3.63, 3.8) is 0 Å². The van der Waals surface area contributed by atoms with Crippen LogP contribution >= 0.6 is 0 Å². The van der Waals surface area contributed by atoms with Crippen LogP contribution in [0.3, 0.4) is 0 Å². The summed E-state index contributed by atoms with van der Waals surface area (Å²) in [6, 6.07) is 0.690. The van der Waals surface area contributed by atoms with Gasteiger partial charge in [-0.3, -0.25) is 10.00 Å². The predicted molar refractivity (Wildman–Crippen MR) is 63.1 cm³/mol. The summed E-state index contributed by atoms with van der Waals surface area (Å²) in [6.45, 7) is 1.18. The number of aromatic amines is 1. The lowest BCUT2D eigenvalue weighted by Gasteiger charge is -2.23. The molecule has 0 aromatic carbocycles. The molecule has 0 saturated carbocycles. The first-order valence-electron chi connectivity index (χ1n) is 6.30. The molecular weight excluding hydrogens is 200 g/mol. The third-order valence-electron chi connectivity index (χ3n) is 4.06. The van der Waals surface area contributed by atoms with Gasteiger partial charge in [-0.1, -0.05) is 0 Å². The van der Waals surface area contributed by atoms with Crippen molar-refractivity contribution in [3.05, 3.63) is 17.0 Å². The van der Waals surface area contributed by atoms with E-state index in [9.17, 15) is 0 Å². The lowest BCUT2D eigenvalue weighted by Crippen LogP contribution is -2.23. The van der Waals surface area contributed by atoms with Gasteiger partial charge in [-0.25, -0.2) is 0 Å².